The van der Waals surface area contributed by atoms with Crippen LogP contribution in [-0.2, 0) is 16.6 Å². The molecule has 0 bridgehead atoms. The topological polar surface area (TPSA) is 95.3 Å². The van der Waals surface area contributed by atoms with Crippen LogP contribution in [0, 0.1) is 13.8 Å². The highest BCUT2D eigenvalue weighted by molar-refractivity contribution is 7.99. The zero-order valence-corrected chi connectivity index (χ0v) is 20.3. The predicted molar refractivity (Wildman–Crippen MR) is 126 cm³/mol. The molecular weight excluding hydrogens is 448 g/mol. The van der Waals surface area contributed by atoms with E-state index in [0.29, 0.717) is 21.5 Å². The lowest BCUT2D eigenvalue weighted by Gasteiger charge is -2.14. The van der Waals surface area contributed by atoms with Gasteiger partial charge >= 0.3 is 5.97 Å². The molecule has 1 amide bonds. The number of rotatable bonds is 9. The van der Waals surface area contributed by atoms with Gasteiger partial charge in [-0.05, 0) is 45.9 Å². The molecule has 3 rings (SSSR count). The summed E-state index contributed by atoms with van der Waals surface area (Å²) in [4.78, 5) is 25.5. The molecule has 0 saturated heterocycles. The van der Waals surface area contributed by atoms with Crippen LogP contribution < -0.4 is 10.1 Å². The van der Waals surface area contributed by atoms with Gasteiger partial charge in [0.15, 0.2) is 17.1 Å². The van der Waals surface area contributed by atoms with E-state index in [0.717, 1.165) is 16.2 Å². The number of hydrogen-bond acceptors (Lipinski definition) is 8. The van der Waals surface area contributed by atoms with Gasteiger partial charge in [-0.15, -0.1) is 21.5 Å². The van der Waals surface area contributed by atoms with Crippen LogP contribution in [0.3, 0.4) is 0 Å². The van der Waals surface area contributed by atoms with E-state index in [-0.39, 0.29) is 24.4 Å². The van der Waals surface area contributed by atoms with Crippen molar-refractivity contribution in [1.29, 1.82) is 0 Å². The molecule has 1 atom stereocenters. The molecule has 0 saturated carbocycles. The van der Waals surface area contributed by atoms with Crippen molar-refractivity contribution < 1.29 is 19.1 Å². The number of thioether (sulfide) groups is 1. The van der Waals surface area contributed by atoms with Gasteiger partial charge in [0, 0.05) is 11.9 Å². The van der Waals surface area contributed by atoms with Crippen molar-refractivity contribution in [2.75, 3.05) is 17.7 Å². The molecule has 170 valence electrons. The molecule has 8 nitrogen and oxygen atoms in total. The van der Waals surface area contributed by atoms with E-state index in [1.54, 1.807) is 13.0 Å². The highest BCUT2D eigenvalue weighted by Gasteiger charge is 2.20. The van der Waals surface area contributed by atoms with Crippen molar-refractivity contribution in [2.24, 2.45) is 7.05 Å². The Bertz CT molecular complexity index is 1090. The first kappa shape index (κ1) is 23.8. The Labute approximate surface area is 195 Å². The van der Waals surface area contributed by atoms with Gasteiger partial charge in [-0.1, -0.05) is 29.5 Å². The zero-order valence-electron chi connectivity index (χ0n) is 18.7. The van der Waals surface area contributed by atoms with E-state index in [9.17, 15) is 9.59 Å². The van der Waals surface area contributed by atoms with Crippen molar-refractivity contribution in [2.45, 2.75) is 39.0 Å². The van der Waals surface area contributed by atoms with Crippen LogP contribution in [0.25, 0.3) is 0 Å². The van der Waals surface area contributed by atoms with Gasteiger partial charge in [-0.2, -0.15) is 0 Å². The van der Waals surface area contributed by atoms with Crippen LogP contribution in [0.4, 0.5) is 5.00 Å². The minimum absolute atomic E-state index is 0.123. The molecule has 0 fully saturated rings. The molecule has 2 heterocycles. The van der Waals surface area contributed by atoms with Crippen molar-refractivity contribution >= 4 is 40.0 Å². The van der Waals surface area contributed by atoms with Crippen LogP contribution >= 0.6 is 23.1 Å². The monoisotopic (exact) mass is 474 g/mol. The number of aryl methyl sites for hydroxylation is 2. The minimum Gasteiger partial charge on any atom is -0.483 e. The highest BCUT2D eigenvalue weighted by Crippen LogP contribution is 2.29. The van der Waals surface area contributed by atoms with Crippen molar-refractivity contribution in [3.05, 3.63) is 52.2 Å². The van der Waals surface area contributed by atoms with E-state index < -0.39 is 5.97 Å². The third-order valence-electron chi connectivity index (χ3n) is 4.50. The summed E-state index contributed by atoms with van der Waals surface area (Å²) in [5.74, 6) is 0.852. The maximum Gasteiger partial charge on any atom is 0.341 e. The van der Waals surface area contributed by atoms with Crippen LogP contribution in [0.15, 0.2) is 35.5 Å². The molecule has 10 heteroatoms. The second-order valence-corrected chi connectivity index (χ2v) is 9.33. The lowest BCUT2D eigenvalue weighted by Crippen LogP contribution is -2.16. The average molecular weight is 475 g/mol. The van der Waals surface area contributed by atoms with Gasteiger partial charge in [0.2, 0.25) is 5.91 Å². The Morgan fingerprint density at radius 2 is 1.94 bits per heavy atom. The summed E-state index contributed by atoms with van der Waals surface area (Å²) in [5, 5.41) is 12.3. The summed E-state index contributed by atoms with van der Waals surface area (Å²) >= 11 is 2.60. The summed E-state index contributed by atoms with van der Waals surface area (Å²) in [6.07, 6.45) is -0.306. The van der Waals surface area contributed by atoms with Crippen LogP contribution in [0.2, 0.25) is 0 Å². The lowest BCUT2D eigenvalue weighted by molar-refractivity contribution is -0.113. The van der Waals surface area contributed by atoms with E-state index in [1.807, 2.05) is 56.7 Å². The standard InChI is InChI=1S/C22H26N4O4S2/c1-6-29-21(28)17-11-14(3)32-20(17)23-18(27)12-31-22-25-24-19(26(22)5)15(4)30-16-9-7-13(2)8-10-16/h7-11,15H,6,12H2,1-5H3,(H,23,27). The van der Waals surface area contributed by atoms with Crippen molar-refractivity contribution in [1.82, 2.24) is 14.8 Å². The number of ether oxygens (including phenoxy) is 2. The van der Waals surface area contributed by atoms with Gasteiger partial charge < -0.3 is 19.4 Å². The van der Waals surface area contributed by atoms with Crippen LogP contribution in [0.1, 0.15) is 46.6 Å². The fraction of sp³-hybridized carbons (Fsp3) is 0.364. The molecule has 0 aliphatic heterocycles. The Morgan fingerprint density at radius 1 is 1.22 bits per heavy atom. The number of carbonyl (C=O) groups excluding carboxylic acids is 2. The molecule has 0 aliphatic rings. The Hall–Kier alpha value is -2.85. The number of anilines is 1. The maximum absolute atomic E-state index is 12.5. The zero-order chi connectivity index (χ0) is 23.3. The second-order valence-electron chi connectivity index (χ2n) is 7.13. The number of aromatic nitrogens is 3. The number of carbonyl (C=O) groups is 2. The maximum atomic E-state index is 12.5. The number of thiophene rings is 1. The number of nitrogens with zero attached hydrogens (tertiary/aromatic N) is 3. The van der Waals surface area contributed by atoms with Crippen LogP contribution in [-0.4, -0.2) is 39.0 Å². The lowest BCUT2D eigenvalue weighted by atomic mass is 10.2. The van der Waals surface area contributed by atoms with Crippen molar-refractivity contribution in [3.8, 4) is 5.75 Å². The number of amides is 1. The van der Waals surface area contributed by atoms with Gasteiger partial charge in [-0.25, -0.2) is 4.79 Å². The number of hydrogen-bond donors (Lipinski definition) is 1. The van der Waals surface area contributed by atoms with Gasteiger partial charge in [0.05, 0.1) is 17.9 Å². The first-order valence-corrected chi connectivity index (χ1v) is 11.9. The van der Waals surface area contributed by atoms with Crippen LogP contribution in [0.5, 0.6) is 5.75 Å². The fourth-order valence-corrected chi connectivity index (χ4v) is 4.57. The SMILES string of the molecule is CCOC(=O)c1cc(C)sc1NC(=O)CSc1nnc(C(C)Oc2ccc(C)cc2)n1C. The molecule has 1 aromatic carbocycles. The Morgan fingerprint density at radius 3 is 2.62 bits per heavy atom. The predicted octanol–water partition coefficient (Wildman–Crippen LogP) is 4.54. The molecule has 1 N–H and O–H groups in total. The molecule has 0 aliphatic carbocycles. The summed E-state index contributed by atoms with van der Waals surface area (Å²) in [7, 11) is 1.84. The number of nitrogens with one attached hydrogen (secondary N) is 1. The molecule has 1 unspecified atom stereocenters. The van der Waals surface area contributed by atoms with Crippen molar-refractivity contribution in [3.63, 3.8) is 0 Å². The van der Waals surface area contributed by atoms with E-state index in [1.165, 1.54) is 23.1 Å². The molecule has 3 aromatic rings. The minimum atomic E-state index is -0.444. The van der Waals surface area contributed by atoms with Gasteiger partial charge in [-0.3, -0.25) is 4.79 Å². The molecule has 0 spiro atoms. The quantitative estimate of drug-likeness (QED) is 0.359. The smallest absolute Gasteiger partial charge is 0.341 e. The Balaban J connectivity index is 1.60. The summed E-state index contributed by atoms with van der Waals surface area (Å²) in [6, 6.07) is 9.52. The second kappa shape index (κ2) is 10.6. The molecule has 0 radical (unpaired) electrons. The van der Waals surface area contributed by atoms with Gasteiger partial charge in [0.25, 0.3) is 0 Å². The summed E-state index contributed by atoms with van der Waals surface area (Å²) in [5.41, 5.74) is 1.53. The first-order valence-electron chi connectivity index (χ1n) is 10.1. The van der Waals surface area contributed by atoms with Gasteiger partial charge in [0.1, 0.15) is 10.8 Å². The molecule has 2 aromatic heterocycles. The fourth-order valence-electron chi connectivity index (χ4n) is 2.94. The largest absolute Gasteiger partial charge is 0.483 e. The Kier molecular flexibility index (Phi) is 7.92. The highest BCUT2D eigenvalue weighted by atomic mass is 32.2. The van der Waals surface area contributed by atoms with E-state index >= 15 is 0 Å². The van der Waals surface area contributed by atoms with E-state index in [4.69, 9.17) is 9.47 Å². The summed E-state index contributed by atoms with van der Waals surface area (Å²) < 4.78 is 12.8. The number of benzene rings is 1. The molecule has 32 heavy (non-hydrogen) atoms. The van der Waals surface area contributed by atoms with E-state index in [2.05, 4.69) is 15.5 Å². The normalized spacial score (nSPS) is 11.8. The first-order chi connectivity index (χ1) is 15.3. The number of esters is 1. The molecular formula is C22H26N4O4S2. The third kappa shape index (κ3) is 5.89. The average Bonchev–Trinajstić information content (AvgIpc) is 3.30. The third-order valence-corrected chi connectivity index (χ3v) is 6.49. The summed E-state index contributed by atoms with van der Waals surface area (Å²) in [6.45, 7) is 7.82.